The van der Waals surface area contributed by atoms with E-state index in [4.69, 9.17) is 16.7 Å². The van der Waals surface area contributed by atoms with Gasteiger partial charge < -0.3 is 9.90 Å². The Hall–Kier alpha value is -0.570. The molecule has 0 fully saturated rings. The van der Waals surface area contributed by atoms with Crippen LogP contribution in [0.5, 0.6) is 0 Å². The summed E-state index contributed by atoms with van der Waals surface area (Å²) in [5.41, 5.74) is 0. The van der Waals surface area contributed by atoms with Crippen LogP contribution in [0.4, 0.5) is 0 Å². The summed E-state index contributed by atoms with van der Waals surface area (Å²) in [7, 11) is 0. The molecule has 0 aliphatic carbocycles. The second kappa shape index (κ2) is 8.05. The monoisotopic (exact) mass is 206 g/mol. The summed E-state index contributed by atoms with van der Waals surface area (Å²) in [5, 5.41) is 7.95. The van der Waals surface area contributed by atoms with E-state index in [0.29, 0.717) is 12.8 Å². The summed E-state index contributed by atoms with van der Waals surface area (Å²) in [6.45, 7) is 0. The van der Waals surface area contributed by atoms with Gasteiger partial charge in [-0.2, -0.15) is 0 Å². The Morgan fingerprint density at radius 3 is 2.46 bits per heavy atom. The van der Waals surface area contributed by atoms with Gasteiger partial charge in [-0.05, 0) is 12.8 Å². The second-order valence-electron chi connectivity index (χ2n) is 3.00. The predicted octanol–water partition coefficient (Wildman–Crippen LogP) is 2.22. The van der Waals surface area contributed by atoms with Gasteiger partial charge in [0, 0.05) is 6.42 Å². The average Bonchev–Trinajstić information content (AvgIpc) is 2.10. The first kappa shape index (κ1) is 12.4. The van der Waals surface area contributed by atoms with Gasteiger partial charge in [0.1, 0.15) is 6.29 Å². The predicted molar refractivity (Wildman–Crippen MR) is 51.0 cm³/mol. The summed E-state index contributed by atoms with van der Waals surface area (Å²) >= 11 is 5.57. The standard InChI is InChI=1S/C9H15ClO3/c10-8(7-11)5-3-1-2-4-6-9(12)13/h7-8H,1-6H2,(H,12,13). The van der Waals surface area contributed by atoms with E-state index < -0.39 is 5.97 Å². The SMILES string of the molecule is O=CC(Cl)CCCCCCC(=O)O. The van der Waals surface area contributed by atoms with Crippen molar-refractivity contribution in [2.24, 2.45) is 0 Å². The number of carboxylic acid groups (broad SMARTS) is 1. The molecular formula is C9H15ClO3. The molecule has 1 atom stereocenters. The highest BCUT2D eigenvalue weighted by Crippen LogP contribution is 2.09. The van der Waals surface area contributed by atoms with E-state index in [1.54, 1.807) is 0 Å². The maximum absolute atomic E-state index is 10.1. The van der Waals surface area contributed by atoms with Gasteiger partial charge in [-0.1, -0.05) is 19.3 Å². The zero-order valence-corrected chi connectivity index (χ0v) is 8.29. The van der Waals surface area contributed by atoms with Crippen molar-refractivity contribution in [2.75, 3.05) is 0 Å². The molecule has 0 aliphatic heterocycles. The van der Waals surface area contributed by atoms with E-state index >= 15 is 0 Å². The molecule has 0 aromatic heterocycles. The Bertz CT molecular complexity index is 159. The van der Waals surface area contributed by atoms with Crippen LogP contribution in [-0.2, 0) is 9.59 Å². The molecule has 4 heteroatoms. The number of rotatable bonds is 8. The summed E-state index contributed by atoms with van der Waals surface area (Å²) in [5.74, 6) is -0.747. The normalized spacial score (nSPS) is 12.4. The van der Waals surface area contributed by atoms with Crippen LogP contribution in [0.3, 0.4) is 0 Å². The lowest BCUT2D eigenvalue weighted by atomic mass is 10.1. The maximum atomic E-state index is 10.1. The van der Waals surface area contributed by atoms with Gasteiger partial charge in [-0.25, -0.2) is 0 Å². The molecule has 13 heavy (non-hydrogen) atoms. The smallest absolute Gasteiger partial charge is 0.303 e. The van der Waals surface area contributed by atoms with E-state index in [0.717, 1.165) is 25.5 Å². The lowest BCUT2D eigenvalue weighted by molar-refractivity contribution is -0.137. The Labute approximate surface area is 83.1 Å². The van der Waals surface area contributed by atoms with E-state index in [1.807, 2.05) is 0 Å². The minimum absolute atomic E-state index is 0.234. The van der Waals surface area contributed by atoms with Gasteiger partial charge in [0.05, 0.1) is 5.38 Å². The molecule has 0 heterocycles. The van der Waals surface area contributed by atoms with Gasteiger partial charge in [0.2, 0.25) is 0 Å². The van der Waals surface area contributed by atoms with Crippen LogP contribution in [0.1, 0.15) is 38.5 Å². The molecule has 0 aromatic carbocycles. The maximum Gasteiger partial charge on any atom is 0.303 e. The number of unbranched alkanes of at least 4 members (excludes halogenated alkanes) is 3. The number of carbonyl (C=O) groups excluding carboxylic acids is 1. The number of carboxylic acids is 1. The fourth-order valence-corrected chi connectivity index (χ4v) is 1.19. The fraction of sp³-hybridized carbons (Fsp3) is 0.778. The first-order valence-corrected chi connectivity index (χ1v) is 4.91. The third kappa shape index (κ3) is 9.34. The number of aldehydes is 1. The van der Waals surface area contributed by atoms with Crippen LogP contribution in [0, 0.1) is 0 Å². The summed E-state index contributed by atoms with van der Waals surface area (Å²) in [4.78, 5) is 20.2. The Morgan fingerprint density at radius 1 is 1.31 bits per heavy atom. The first-order chi connectivity index (χ1) is 6.16. The highest BCUT2D eigenvalue weighted by Gasteiger charge is 2.01. The lowest BCUT2D eigenvalue weighted by Gasteiger charge is -2.00. The molecule has 0 amide bonds. The number of hydrogen-bond donors (Lipinski definition) is 1. The number of aliphatic carboxylic acids is 1. The molecule has 0 rings (SSSR count). The van der Waals surface area contributed by atoms with E-state index in [1.165, 1.54) is 0 Å². The van der Waals surface area contributed by atoms with Crippen LogP contribution < -0.4 is 0 Å². The van der Waals surface area contributed by atoms with Crippen molar-refractivity contribution < 1.29 is 14.7 Å². The molecule has 0 aliphatic rings. The molecule has 0 saturated heterocycles. The topological polar surface area (TPSA) is 54.4 Å². The Morgan fingerprint density at radius 2 is 1.92 bits per heavy atom. The molecule has 0 aromatic rings. The van der Waals surface area contributed by atoms with Crippen molar-refractivity contribution in [3.05, 3.63) is 0 Å². The number of carbonyl (C=O) groups is 2. The van der Waals surface area contributed by atoms with E-state index in [2.05, 4.69) is 0 Å². The van der Waals surface area contributed by atoms with Crippen LogP contribution >= 0.6 is 11.6 Å². The Balaban J connectivity index is 3.08. The molecule has 0 spiro atoms. The molecule has 0 bridgehead atoms. The quantitative estimate of drug-likeness (QED) is 0.376. The molecule has 3 nitrogen and oxygen atoms in total. The zero-order valence-electron chi connectivity index (χ0n) is 7.54. The molecular weight excluding hydrogens is 192 g/mol. The zero-order chi connectivity index (χ0) is 10.1. The number of halogens is 1. The molecule has 1 unspecified atom stereocenters. The first-order valence-electron chi connectivity index (χ1n) is 4.48. The van der Waals surface area contributed by atoms with Crippen LogP contribution in [0.15, 0.2) is 0 Å². The van der Waals surface area contributed by atoms with Crippen molar-refractivity contribution in [3.8, 4) is 0 Å². The van der Waals surface area contributed by atoms with Gasteiger partial charge in [0.25, 0.3) is 0 Å². The number of hydrogen-bond acceptors (Lipinski definition) is 2. The summed E-state index contributed by atoms with van der Waals surface area (Å²) in [6, 6.07) is 0. The van der Waals surface area contributed by atoms with E-state index in [-0.39, 0.29) is 11.8 Å². The third-order valence-electron chi connectivity index (χ3n) is 1.77. The van der Waals surface area contributed by atoms with Gasteiger partial charge in [-0.3, -0.25) is 4.79 Å². The Kier molecular flexibility index (Phi) is 7.69. The highest BCUT2D eigenvalue weighted by molar-refractivity contribution is 6.27. The van der Waals surface area contributed by atoms with Crippen LogP contribution in [-0.4, -0.2) is 22.7 Å². The summed E-state index contributed by atoms with van der Waals surface area (Å²) in [6.07, 6.45) is 5.12. The molecule has 1 N–H and O–H groups in total. The average molecular weight is 207 g/mol. The molecule has 0 saturated carbocycles. The fourth-order valence-electron chi connectivity index (χ4n) is 1.04. The molecule has 76 valence electrons. The van der Waals surface area contributed by atoms with Crippen LogP contribution in [0.2, 0.25) is 0 Å². The molecule has 0 radical (unpaired) electrons. The lowest BCUT2D eigenvalue weighted by Crippen LogP contribution is -1.99. The van der Waals surface area contributed by atoms with Crippen molar-refractivity contribution in [3.63, 3.8) is 0 Å². The summed E-state index contributed by atoms with van der Waals surface area (Å²) < 4.78 is 0. The third-order valence-corrected chi connectivity index (χ3v) is 2.09. The van der Waals surface area contributed by atoms with Crippen molar-refractivity contribution >= 4 is 23.9 Å². The van der Waals surface area contributed by atoms with Gasteiger partial charge in [0.15, 0.2) is 0 Å². The van der Waals surface area contributed by atoms with Gasteiger partial charge >= 0.3 is 5.97 Å². The van der Waals surface area contributed by atoms with E-state index in [9.17, 15) is 9.59 Å². The van der Waals surface area contributed by atoms with Crippen molar-refractivity contribution in [1.82, 2.24) is 0 Å². The van der Waals surface area contributed by atoms with Gasteiger partial charge in [-0.15, -0.1) is 11.6 Å². The second-order valence-corrected chi connectivity index (χ2v) is 3.56. The minimum atomic E-state index is -0.747. The van der Waals surface area contributed by atoms with Crippen molar-refractivity contribution in [1.29, 1.82) is 0 Å². The minimum Gasteiger partial charge on any atom is -0.481 e. The van der Waals surface area contributed by atoms with Crippen LogP contribution in [0.25, 0.3) is 0 Å². The largest absolute Gasteiger partial charge is 0.481 e. The highest BCUT2D eigenvalue weighted by atomic mass is 35.5. The van der Waals surface area contributed by atoms with Crippen molar-refractivity contribution in [2.45, 2.75) is 43.9 Å². The number of alkyl halides is 1.